The Bertz CT molecular complexity index is 880. The molecule has 34 heavy (non-hydrogen) atoms. The molecule has 0 aromatic heterocycles. The molecule has 1 aromatic carbocycles. The maximum absolute atomic E-state index is 13.2. The Labute approximate surface area is 201 Å². The molecular weight excluding hydrogens is 442 g/mol. The van der Waals surface area contributed by atoms with Gasteiger partial charge in [-0.1, -0.05) is 23.8 Å². The van der Waals surface area contributed by atoms with Crippen LogP contribution in [0.15, 0.2) is 18.2 Å². The van der Waals surface area contributed by atoms with E-state index < -0.39 is 48.2 Å². The third-order valence-corrected chi connectivity index (χ3v) is 4.81. The van der Waals surface area contributed by atoms with Gasteiger partial charge in [-0.2, -0.15) is 0 Å². The summed E-state index contributed by atoms with van der Waals surface area (Å²) in [6.45, 7) is 10.0. The first-order valence-electron chi connectivity index (χ1n) is 11.2. The van der Waals surface area contributed by atoms with Crippen LogP contribution in [0, 0.1) is 13.8 Å². The third kappa shape index (κ3) is 9.01. The van der Waals surface area contributed by atoms with Gasteiger partial charge < -0.3 is 30.1 Å². The molecule has 0 saturated carbocycles. The summed E-state index contributed by atoms with van der Waals surface area (Å²) >= 11 is 0. The fourth-order valence-electron chi connectivity index (χ4n) is 3.28. The number of aliphatic hydroxyl groups excluding tert-OH is 1. The van der Waals surface area contributed by atoms with Gasteiger partial charge in [0, 0.05) is 13.6 Å². The van der Waals surface area contributed by atoms with Crippen molar-refractivity contribution in [2.75, 3.05) is 26.8 Å². The van der Waals surface area contributed by atoms with E-state index in [2.05, 4.69) is 10.6 Å². The number of hydrogen-bond acceptors (Lipinski definition) is 7. The van der Waals surface area contributed by atoms with Crippen molar-refractivity contribution in [3.05, 3.63) is 34.9 Å². The van der Waals surface area contributed by atoms with E-state index >= 15 is 0 Å². The SMILES string of the molecule is CCOC(=O)CCNC(=O)C(c1ccc(C)cc1C)N(C)C(=O)C(CO)NC(=O)OC(C)(C)C. The van der Waals surface area contributed by atoms with E-state index in [9.17, 15) is 24.3 Å². The van der Waals surface area contributed by atoms with Crippen molar-refractivity contribution in [3.63, 3.8) is 0 Å². The molecule has 2 atom stereocenters. The maximum atomic E-state index is 13.2. The zero-order valence-corrected chi connectivity index (χ0v) is 21.1. The summed E-state index contributed by atoms with van der Waals surface area (Å²) in [5.74, 6) is -1.64. The van der Waals surface area contributed by atoms with Crippen LogP contribution in [0.25, 0.3) is 0 Å². The molecule has 0 aliphatic heterocycles. The Kier molecular flexibility index (Phi) is 11.0. The van der Waals surface area contributed by atoms with Crippen molar-refractivity contribution in [2.45, 2.75) is 65.6 Å². The van der Waals surface area contributed by atoms with Crippen molar-refractivity contribution in [1.82, 2.24) is 15.5 Å². The Balaban J connectivity index is 3.14. The van der Waals surface area contributed by atoms with Crippen LogP contribution in [-0.2, 0) is 23.9 Å². The van der Waals surface area contributed by atoms with Crippen molar-refractivity contribution in [1.29, 1.82) is 0 Å². The molecule has 0 aliphatic rings. The lowest BCUT2D eigenvalue weighted by Crippen LogP contribution is -2.53. The van der Waals surface area contributed by atoms with Crippen LogP contribution in [0.5, 0.6) is 0 Å². The first-order chi connectivity index (χ1) is 15.8. The molecule has 10 nitrogen and oxygen atoms in total. The maximum Gasteiger partial charge on any atom is 0.408 e. The van der Waals surface area contributed by atoms with Crippen LogP contribution >= 0.6 is 0 Å². The van der Waals surface area contributed by atoms with E-state index in [0.29, 0.717) is 5.56 Å². The molecule has 0 fully saturated rings. The number of nitrogens with one attached hydrogen (secondary N) is 2. The summed E-state index contributed by atoms with van der Waals surface area (Å²) in [5, 5.41) is 14.8. The second kappa shape index (κ2) is 12.9. The monoisotopic (exact) mass is 479 g/mol. The normalized spacial score (nSPS) is 12.8. The van der Waals surface area contributed by atoms with Crippen LogP contribution in [0.1, 0.15) is 56.8 Å². The summed E-state index contributed by atoms with van der Waals surface area (Å²) in [7, 11) is 1.41. The zero-order chi connectivity index (χ0) is 26.1. The van der Waals surface area contributed by atoms with Crippen molar-refractivity contribution in [3.8, 4) is 0 Å². The number of likely N-dealkylation sites (N-methyl/N-ethyl adjacent to an activating group) is 1. The minimum Gasteiger partial charge on any atom is -0.466 e. The molecule has 0 heterocycles. The van der Waals surface area contributed by atoms with E-state index in [4.69, 9.17) is 9.47 Å². The minimum absolute atomic E-state index is 0.0176. The van der Waals surface area contributed by atoms with Gasteiger partial charge >= 0.3 is 12.1 Å². The van der Waals surface area contributed by atoms with Crippen molar-refractivity contribution in [2.24, 2.45) is 0 Å². The van der Waals surface area contributed by atoms with Crippen molar-refractivity contribution < 1.29 is 33.8 Å². The number of carbonyl (C=O) groups excluding carboxylic acids is 4. The number of nitrogens with zero attached hydrogens (tertiary/aromatic N) is 1. The standard InChI is InChI=1S/C24H37N3O7/c1-8-33-19(29)11-12-25-21(30)20(17-10-9-15(2)13-16(17)3)27(7)22(31)18(14-28)26-23(32)34-24(4,5)6/h9-10,13,18,20,28H,8,11-12,14H2,1-7H3,(H,25,30)(H,26,32). The Morgan fingerprint density at radius 2 is 1.79 bits per heavy atom. The molecule has 0 saturated heterocycles. The minimum atomic E-state index is -1.32. The number of esters is 1. The van der Waals surface area contributed by atoms with Crippen LogP contribution in [0.3, 0.4) is 0 Å². The Hall–Kier alpha value is -3.14. The molecule has 3 amide bonds. The number of amides is 3. The van der Waals surface area contributed by atoms with E-state index in [1.807, 2.05) is 26.0 Å². The van der Waals surface area contributed by atoms with Gasteiger partial charge in [-0.3, -0.25) is 14.4 Å². The lowest BCUT2D eigenvalue weighted by molar-refractivity contribution is -0.144. The van der Waals surface area contributed by atoms with E-state index in [0.717, 1.165) is 16.0 Å². The molecule has 1 rings (SSSR count). The fourth-order valence-corrected chi connectivity index (χ4v) is 3.28. The highest BCUT2D eigenvalue weighted by Gasteiger charge is 2.34. The summed E-state index contributed by atoms with van der Waals surface area (Å²) in [6.07, 6.45) is -0.883. The number of aryl methyl sites for hydroxylation is 2. The van der Waals surface area contributed by atoms with Gasteiger partial charge in [-0.15, -0.1) is 0 Å². The highest BCUT2D eigenvalue weighted by Crippen LogP contribution is 2.25. The van der Waals surface area contributed by atoms with Gasteiger partial charge in [-0.05, 0) is 52.7 Å². The predicted octanol–water partition coefficient (Wildman–Crippen LogP) is 1.76. The largest absolute Gasteiger partial charge is 0.466 e. The highest BCUT2D eigenvalue weighted by molar-refractivity contribution is 5.92. The van der Waals surface area contributed by atoms with E-state index in [-0.39, 0.29) is 19.6 Å². The predicted molar refractivity (Wildman–Crippen MR) is 126 cm³/mol. The number of ether oxygens (including phenoxy) is 2. The van der Waals surface area contributed by atoms with Crippen LogP contribution in [0.4, 0.5) is 4.79 Å². The number of alkyl carbamates (subject to hydrolysis) is 1. The first-order valence-corrected chi connectivity index (χ1v) is 11.2. The quantitative estimate of drug-likeness (QED) is 0.435. The third-order valence-electron chi connectivity index (χ3n) is 4.81. The van der Waals surface area contributed by atoms with E-state index in [1.165, 1.54) is 7.05 Å². The summed E-state index contributed by atoms with van der Waals surface area (Å²) in [6, 6.07) is 3.07. The highest BCUT2D eigenvalue weighted by atomic mass is 16.6. The van der Waals surface area contributed by atoms with Crippen molar-refractivity contribution >= 4 is 23.9 Å². The molecular formula is C24H37N3O7. The molecule has 1 aromatic rings. The lowest BCUT2D eigenvalue weighted by Gasteiger charge is -2.32. The molecule has 190 valence electrons. The van der Waals surface area contributed by atoms with Gasteiger partial charge in [0.05, 0.1) is 19.6 Å². The fraction of sp³-hybridized carbons (Fsp3) is 0.583. The molecule has 10 heteroatoms. The molecule has 0 spiro atoms. The average Bonchev–Trinajstić information content (AvgIpc) is 2.72. The Morgan fingerprint density at radius 3 is 2.32 bits per heavy atom. The average molecular weight is 480 g/mol. The van der Waals surface area contributed by atoms with Crippen LogP contribution in [0.2, 0.25) is 0 Å². The zero-order valence-electron chi connectivity index (χ0n) is 21.1. The molecule has 0 radical (unpaired) electrons. The topological polar surface area (TPSA) is 134 Å². The number of hydrogen-bond donors (Lipinski definition) is 3. The van der Waals surface area contributed by atoms with Gasteiger partial charge in [-0.25, -0.2) is 4.79 Å². The van der Waals surface area contributed by atoms with Gasteiger partial charge in [0.1, 0.15) is 17.7 Å². The number of benzene rings is 1. The molecule has 3 N–H and O–H groups in total. The van der Waals surface area contributed by atoms with Gasteiger partial charge in [0.25, 0.3) is 0 Å². The molecule has 0 aliphatic carbocycles. The Morgan fingerprint density at radius 1 is 1.15 bits per heavy atom. The number of rotatable bonds is 10. The molecule has 0 bridgehead atoms. The number of aliphatic hydroxyl groups is 1. The van der Waals surface area contributed by atoms with Gasteiger partial charge in [0.15, 0.2) is 0 Å². The van der Waals surface area contributed by atoms with Gasteiger partial charge in [0.2, 0.25) is 11.8 Å². The number of carbonyl (C=O) groups is 4. The van der Waals surface area contributed by atoms with Crippen LogP contribution < -0.4 is 10.6 Å². The summed E-state index contributed by atoms with van der Waals surface area (Å²) in [5.41, 5.74) is 1.55. The lowest BCUT2D eigenvalue weighted by atomic mass is 9.97. The second-order valence-corrected chi connectivity index (χ2v) is 8.94. The van der Waals surface area contributed by atoms with E-state index in [1.54, 1.807) is 33.8 Å². The first kappa shape index (κ1) is 28.9. The van der Waals surface area contributed by atoms with Crippen LogP contribution in [-0.4, -0.2) is 72.3 Å². The summed E-state index contributed by atoms with van der Waals surface area (Å²) < 4.78 is 10.0. The molecule has 2 unspecified atom stereocenters. The smallest absolute Gasteiger partial charge is 0.408 e. The summed E-state index contributed by atoms with van der Waals surface area (Å²) in [4.78, 5) is 51.2. The second-order valence-electron chi connectivity index (χ2n) is 8.94.